The lowest BCUT2D eigenvalue weighted by atomic mass is 9.92. The summed E-state index contributed by atoms with van der Waals surface area (Å²) in [7, 11) is 0. The number of hydrogen-bond donors (Lipinski definition) is 0. The first-order chi connectivity index (χ1) is 24.8. The van der Waals surface area contributed by atoms with E-state index in [1.54, 1.807) is 0 Å². The average Bonchev–Trinajstić information content (AvgIpc) is 3.21. The first-order valence-electron chi connectivity index (χ1n) is 16.6. The maximum atomic E-state index is 5.23. The smallest absolute Gasteiger partial charge is 0.164 e. The molecule has 0 atom stereocenters. The molecule has 0 saturated heterocycles. The fourth-order valence-electron chi connectivity index (χ4n) is 6.56. The number of rotatable bonds is 6. The summed E-state index contributed by atoms with van der Waals surface area (Å²) < 4.78 is 0. The number of fused-ring (bicyclic) bond motifs is 3. The molecule has 0 aliphatic heterocycles. The first-order valence-corrected chi connectivity index (χ1v) is 16.6. The molecule has 5 nitrogen and oxygen atoms in total. The molecule has 0 aliphatic carbocycles. The van der Waals surface area contributed by atoms with E-state index in [2.05, 4.69) is 96.0 Å². The molecule has 50 heavy (non-hydrogen) atoms. The summed E-state index contributed by atoms with van der Waals surface area (Å²) in [5.41, 5.74) is 10.2. The lowest BCUT2D eigenvalue weighted by Crippen LogP contribution is -2.00. The minimum atomic E-state index is 0.632. The van der Waals surface area contributed by atoms with E-state index >= 15 is 0 Å². The molecule has 0 fully saturated rings. The standard InChI is InChI=1S/C45H29N5/c1-4-12-31(13-5-1)42-38-20-10-19-37(36-18-11-27-46-29-36)41(38)39-28-35(25-26-40(39)47-42)30-21-23-34(24-22-30)45-49-43(32-14-6-2-7-15-32)48-44(50-45)33-16-8-3-9-17-33/h1-29H. The molecule has 0 N–H and O–H groups in total. The number of hydrogen-bond acceptors (Lipinski definition) is 5. The van der Waals surface area contributed by atoms with Gasteiger partial charge in [-0.15, -0.1) is 0 Å². The Labute approximate surface area is 289 Å². The molecule has 0 aliphatic rings. The van der Waals surface area contributed by atoms with Crippen LogP contribution in [0.15, 0.2) is 176 Å². The van der Waals surface area contributed by atoms with Gasteiger partial charge in [0.15, 0.2) is 17.5 Å². The van der Waals surface area contributed by atoms with Crippen molar-refractivity contribution in [3.05, 3.63) is 176 Å². The van der Waals surface area contributed by atoms with Crippen LogP contribution in [-0.4, -0.2) is 24.9 Å². The molecule has 0 spiro atoms. The van der Waals surface area contributed by atoms with Crippen molar-refractivity contribution in [1.82, 2.24) is 24.9 Å². The molecule has 0 radical (unpaired) electrons. The second kappa shape index (κ2) is 12.6. The van der Waals surface area contributed by atoms with Gasteiger partial charge in [-0.2, -0.15) is 0 Å². The maximum absolute atomic E-state index is 5.23. The largest absolute Gasteiger partial charge is 0.264 e. The molecule has 0 unspecified atom stereocenters. The van der Waals surface area contributed by atoms with Crippen LogP contribution in [-0.2, 0) is 0 Å². The number of pyridine rings is 2. The van der Waals surface area contributed by atoms with Crippen LogP contribution in [0.4, 0.5) is 0 Å². The SMILES string of the molecule is c1ccc(-c2nc(-c3ccccc3)nc(-c3ccc(-c4ccc5nc(-c6ccccc6)c6cccc(-c7cccnc7)c6c5c4)cc3)n2)cc1. The van der Waals surface area contributed by atoms with Crippen molar-refractivity contribution in [3.8, 4) is 67.7 Å². The summed E-state index contributed by atoms with van der Waals surface area (Å²) in [6, 6.07) is 56.1. The van der Waals surface area contributed by atoms with Gasteiger partial charge in [0.1, 0.15) is 0 Å². The van der Waals surface area contributed by atoms with Crippen LogP contribution < -0.4 is 0 Å². The van der Waals surface area contributed by atoms with Crippen molar-refractivity contribution >= 4 is 21.7 Å². The molecule has 0 saturated carbocycles. The molecule has 3 heterocycles. The summed E-state index contributed by atoms with van der Waals surface area (Å²) in [5, 5.41) is 3.36. The lowest BCUT2D eigenvalue weighted by Gasteiger charge is -2.15. The van der Waals surface area contributed by atoms with Gasteiger partial charge >= 0.3 is 0 Å². The summed E-state index contributed by atoms with van der Waals surface area (Å²) >= 11 is 0. The van der Waals surface area contributed by atoms with Gasteiger partial charge in [-0.1, -0.05) is 146 Å². The van der Waals surface area contributed by atoms with Crippen LogP contribution in [0.1, 0.15) is 0 Å². The Morgan fingerprint density at radius 2 is 0.880 bits per heavy atom. The van der Waals surface area contributed by atoms with Crippen LogP contribution in [0.3, 0.4) is 0 Å². The molecule has 6 aromatic carbocycles. The van der Waals surface area contributed by atoms with Crippen molar-refractivity contribution in [2.45, 2.75) is 0 Å². The number of benzene rings is 6. The van der Waals surface area contributed by atoms with Crippen LogP contribution in [0.2, 0.25) is 0 Å². The average molecular weight is 640 g/mol. The van der Waals surface area contributed by atoms with Crippen molar-refractivity contribution in [2.75, 3.05) is 0 Å². The van der Waals surface area contributed by atoms with Crippen molar-refractivity contribution in [1.29, 1.82) is 0 Å². The highest BCUT2D eigenvalue weighted by Gasteiger charge is 2.16. The van der Waals surface area contributed by atoms with Crippen LogP contribution in [0.25, 0.3) is 89.4 Å². The Hall–Kier alpha value is -6.85. The molecule has 9 rings (SSSR count). The van der Waals surface area contributed by atoms with Crippen LogP contribution >= 0.6 is 0 Å². The molecule has 0 bridgehead atoms. The monoisotopic (exact) mass is 639 g/mol. The highest BCUT2D eigenvalue weighted by Crippen LogP contribution is 2.40. The Bertz CT molecular complexity index is 2550. The van der Waals surface area contributed by atoms with Crippen LogP contribution in [0, 0.1) is 0 Å². The molecule has 3 aromatic heterocycles. The Balaban J connectivity index is 1.17. The van der Waals surface area contributed by atoms with Gasteiger partial charge in [0.05, 0.1) is 11.2 Å². The van der Waals surface area contributed by atoms with E-state index in [4.69, 9.17) is 19.9 Å². The quantitative estimate of drug-likeness (QED) is 0.169. The normalized spacial score (nSPS) is 11.2. The fourth-order valence-corrected chi connectivity index (χ4v) is 6.56. The molecule has 5 heteroatoms. The van der Waals surface area contributed by atoms with E-state index in [0.717, 1.165) is 71.9 Å². The van der Waals surface area contributed by atoms with Gasteiger partial charge in [-0.3, -0.25) is 4.98 Å². The van der Waals surface area contributed by atoms with E-state index in [0.29, 0.717) is 17.5 Å². The van der Waals surface area contributed by atoms with E-state index < -0.39 is 0 Å². The van der Waals surface area contributed by atoms with E-state index in [9.17, 15) is 0 Å². The van der Waals surface area contributed by atoms with E-state index in [-0.39, 0.29) is 0 Å². The predicted molar refractivity (Wildman–Crippen MR) is 203 cm³/mol. The summed E-state index contributed by atoms with van der Waals surface area (Å²) in [5.74, 6) is 1.92. The second-order valence-electron chi connectivity index (χ2n) is 12.1. The minimum Gasteiger partial charge on any atom is -0.264 e. The number of nitrogens with zero attached hydrogens (tertiary/aromatic N) is 5. The third-order valence-corrected chi connectivity index (χ3v) is 9.01. The zero-order chi connectivity index (χ0) is 33.3. The predicted octanol–water partition coefficient (Wildman–Crippen LogP) is 11.0. The Morgan fingerprint density at radius 3 is 1.48 bits per heavy atom. The van der Waals surface area contributed by atoms with Gasteiger partial charge in [-0.05, 0) is 34.9 Å². The van der Waals surface area contributed by atoms with E-state index in [1.807, 2.05) is 85.2 Å². The molecular weight excluding hydrogens is 611 g/mol. The highest BCUT2D eigenvalue weighted by atomic mass is 15.0. The third kappa shape index (κ3) is 5.47. The van der Waals surface area contributed by atoms with Crippen molar-refractivity contribution in [2.24, 2.45) is 0 Å². The van der Waals surface area contributed by atoms with Gasteiger partial charge in [0.25, 0.3) is 0 Å². The summed E-state index contributed by atoms with van der Waals surface area (Å²) in [6.45, 7) is 0. The fraction of sp³-hybridized carbons (Fsp3) is 0. The topological polar surface area (TPSA) is 64.5 Å². The summed E-state index contributed by atoms with van der Waals surface area (Å²) in [4.78, 5) is 24.3. The second-order valence-corrected chi connectivity index (χ2v) is 12.1. The van der Waals surface area contributed by atoms with Crippen molar-refractivity contribution < 1.29 is 0 Å². The summed E-state index contributed by atoms with van der Waals surface area (Å²) in [6.07, 6.45) is 3.74. The Morgan fingerprint density at radius 1 is 0.340 bits per heavy atom. The highest BCUT2D eigenvalue weighted by molar-refractivity contribution is 6.17. The van der Waals surface area contributed by atoms with Gasteiger partial charge in [0.2, 0.25) is 0 Å². The lowest BCUT2D eigenvalue weighted by molar-refractivity contribution is 1.07. The first kappa shape index (κ1) is 29.3. The molecule has 0 amide bonds. The molecular formula is C45H29N5. The molecule has 234 valence electrons. The Kier molecular flexibility index (Phi) is 7.41. The van der Waals surface area contributed by atoms with Gasteiger partial charge in [-0.25, -0.2) is 19.9 Å². The van der Waals surface area contributed by atoms with Gasteiger partial charge < -0.3 is 0 Å². The van der Waals surface area contributed by atoms with Gasteiger partial charge in [0, 0.05) is 56.4 Å². The zero-order valence-corrected chi connectivity index (χ0v) is 27.0. The molecule has 9 aromatic rings. The van der Waals surface area contributed by atoms with Crippen molar-refractivity contribution in [3.63, 3.8) is 0 Å². The minimum absolute atomic E-state index is 0.632. The van der Waals surface area contributed by atoms with Crippen LogP contribution in [0.5, 0.6) is 0 Å². The maximum Gasteiger partial charge on any atom is 0.164 e. The number of aromatic nitrogens is 5. The van der Waals surface area contributed by atoms with E-state index in [1.165, 1.54) is 0 Å². The third-order valence-electron chi connectivity index (χ3n) is 9.01. The zero-order valence-electron chi connectivity index (χ0n) is 27.0.